The summed E-state index contributed by atoms with van der Waals surface area (Å²) in [4.78, 5) is 24.3. The molecule has 0 spiro atoms. The Morgan fingerprint density at radius 2 is 1.80 bits per heavy atom. The number of amides is 1. The van der Waals surface area contributed by atoms with Crippen molar-refractivity contribution < 1.29 is 23.8 Å². The number of carbonyl (C=O) groups excluding carboxylic acids is 2. The molecule has 2 rings (SSSR count). The lowest BCUT2D eigenvalue weighted by molar-refractivity contribution is -0.154. The Hall–Kier alpha value is -1.76. The summed E-state index contributed by atoms with van der Waals surface area (Å²) >= 11 is 3.41. The molecular formula is C18H24BrNO5. The lowest BCUT2D eigenvalue weighted by atomic mass is 10.1. The second kappa shape index (κ2) is 9.08. The summed E-state index contributed by atoms with van der Waals surface area (Å²) in [6.45, 7) is 1.59. The first-order valence-electron chi connectivity index (χ1n) is 8.34. The molecule has 7 heteroatoms. The zero-order valence-electron chi connectivity index (χ0n) is 14.8. The summed E-state index contributed by atoms with van der Waals surface area (Å²) in [6.07, 6.45) is 3.46. The van der Waals surface area contributed by atoms with Crippen LogP contribution in [0.25, 0.3) is 0 Å². The number of hydrogen-bond acceptors (Lipinski definition) is 5. The molecule has 0 heterocycles. The average molecular weight is 414 g/mol. The summed E-state index contributed by atoms with van der Waals surface area (Å²) in [5.41, 5.74) is 0.700. The molecule has 0 unspecified atom stereocenters. The van der Waals surface area contributed by atoms with Crippen molar-refractivity contribution in [3.05, 3.63) is 22.2 Å². The van der Waals surface area contributed by atoms with E-state index in [1.54, 1.807) is 26.2 Å². The number of rotatable bonds is 7. The maximum absolute atomic E-state index is 12.2. The van der Waals surface area contributed by atoms with E-state index in [4.69, 9.17) is 14.2 Å². The van der Waals surface area contributed by atoms with Crippen LogP contribution < -0.4 is 14.8 Å². The third-order valence-electron chi connectivity index (χ3n) is 4.27. The topological polar surface area (TPSA) is 73.9 Å². The molecule has 1 saturated carbocycles. The van der Waals surface area contributed by atoms with Gasteiger partial charge in [-0.05, 0) is 37.5 Å². The minimum Gasteiger partial charge on any atom is -0.493 e. The van der Waals surface area contributed by atoms with Crippen molar-refractivity contribution in [2.24, 2.45) is 0 Å². The standard InChI is InChI=1S/C18H24BrNO5/c1-11(18(22)20-13-6-4-5-7-13)25-17(21)9-12-8-15(23-2)16(24-3)10-14(12)19/h8,10-11,13H,4-7,9H2,1-3H3,(H,20,22)/t11-/m1/s1. The molecule has 1 aromatic rings. The minimum atomic E-state index is -0.813. The number of hydrogen-bond donors (Lipinski definition) is 1. The van der Waals surface area contributed by atoms with E-state index in [0.717, 1.165) is 25.7 Å². The number of esters is 1. The second-order valence-electron chi connectivity index (χ2n) is 6.10. The van der Waals surface area contributed by atoms with Gasteiger partial charge < -0.3 is 19.5 Å². The summed E-state index contributed by atoms with van der Waals surface area (Å²) in [6, 6.07) is 3.65. The van der Waals surface area contributed by atoms with Crippen molar-refractivity contribution in [1.29, 1.82) is 0 Å². The van der Waals surface area contributed by atoms with Gasteiger partial charge >= 0.3 is 5.97 Å². The number of halogens is 1. The molecule has 0 aromatic heterocycles. The summed E-state index contributed by atoms with van der Waals surface area (Å²) < 4.78 is 16.4. The van der Waals surface area contributed by atoms with Crippen LogP contribution in [0.1, 0.15) is 38.2 Å². The van der Waals surface area contributed by atoms with Crippen LogP contribution in [0.3, 0.4) is 0 Å². The summed E-state index contributed by atoms with van der Waals surface area (Å²) in [7, 11) is 3.08. The molecule has 0 aliphatic heterocycles. The van der Waals surface area contributed by atoms with E-state index in [0.29, 0.717) is 21.5 Å². The smallest absolute Gasteiger partial charge is 0.311 e. The highest BCUT2D eigenvalue weighted by molar-refractivity contribution is 9.10. The van der Waals surface area contributed by atoms with E-state index < -0.39 is 12.1 Å². The summed E-state index contributed by atoms with van der Waals surface area (Å²) in [5, 5.41) is 2.93. The highest BCUT2D eigenvalue weighted by atomic mass is 79.9. The maximum Gasteiger partial charge on any atom is 0.311 e. The van der Waals surface area contributed by atoms with Crippen LogP contribution in [0.5, 0.6) is 11.5 Å². The Kier molecular flexibility index (Phi) is 7.11. The maximum atomic E-state index is 12.2. The van der Waals surface area contributed by atoms with Gasteiger partial charge in [0.25, 0.3) is 5.91 Å². The average Bonchev–Trinajstić information content (AvgIpc) is 3.09. The van der Waals surface area contributed by atoms with E-state index in [1.807, 2.05) is 0 Å². The van der Waals surface area contributed by atoms with Gasteiger partial charge in [0.1, 0.15) is 0 Å². The molecule has 6 nitrogen and oxygen atoms in total. The van der Waals surface area contributed by atoms with Crippen LogP contribution in [0, 0.1) is 0 Å². The summed E-state index contributed by atoms with van der Waals surface area (Å²) in [5.74, 6) is 0.380. The Morgan fingerprint density at radius 3 is 2.40 bits per heavy atom. The lowest BCUT2D eigenvalue weighted by Gasteiger charge is -2.17. The number of methoxy groups -OCH3 is 2. The van der Waals surface area contributed by atoms with Gasteiger partial charge in [-0.25, -0.2) is 0 Å². The fraction of sp³-hybridized carbons (Fsp3) is 0.556. The van der Waals surface area contributed by atoms with Crippen molar-refractivity contribution in [3.63, 3.8) is 0 Å². The van der Waals surface area contributed by atoms with Crippen molar-refractivity contribution in [2.45, 2.75) is 51.2 Å². The van der Waals surface area contributed by atoms with E-state index in [-0.39, 0.29) is 18.4 Å². The third-order valence-corrected chi connectivity index (χ3v) is 5.00. The quantitative estimate of drug-likeness (QED) is 0.695. The van der Waals surface area contributed by atoms with Crippen LogP contribution in [0.2, 0.25) is 0 Å². The Labute approximate surface area is 156 Å². The molecule has 0 saturated heterocycles. The molecule has 1 aromatic carbocycles. The molecule has 1 fully saturated rings. The number of benzene rings is 1. The van der Waals surface area contributed by atoms with Crippen molar-refractivity contribution in [3.8, 4) is 11.5 Å². The van der Waals surface area contributed by atoms with E-state index in [2.05, 4.69) is 21.2 Å². The SMILES string of the molecule is COc1cc(Br)c(CC(=O)O[C@H](C)C(=O)NC2CCCC2)cc1OC. The highest BCUT2D eigenvalue weighted by Crippen LogP contribution is 2.33. The molecule has 1 N–H and O–H groups in total. The molecule has 1 amide bonds. The van der Waals surface area contributed by atoms with E-state index >= 15 is 0 Å². The Bertz CT molecular complexity index is 628. The fourth-order valence-electron chi connectivity index (χ4n) is 2.87. The molecule has 1 aliphatic carbocycles. The van der Waals surface area contributed by atoms with Crippen molar-refractivity contribution in [1.82, 2.24) is 5.32 Å². The molecular weight excluding hydrogens is 390 g/mol. The largest absolute Gasteiger partial charge is 0.493 e. The van der Waals surface area contributed by atoms with Crippen LogP contribution >= 0.6 is 15.9 Å². The zero-order chi connectivity index (χ0) is 18.4. The van der Waals surface area contributed by atoms with Crippen LogP contribution in [0.4, 0.5) is 0 Å². The van der Waals surface area contributed by atoms with Gasteiger partial charge in [0.2, 0.25) is 0 Å². The Morgan fingerprint density at radius 1 is 1.20 bits per heavy atom. The van der Waals surface area contributed by atoms with Gasteiger partial charge in [0, 0.05) is 10.5 Å². The minimum absolute atomic E-state index is 0.0297. The predicted molar refractivity (Wildman–Crippen MR) is 96.9 cm³/mol. The van der Waals surface area contributed by atoms with Gasteiger partial charge in [0.05, 0.1) is 20.6 Å². The van der Waals surface area contributed by atoms with E-state index in [1.165, 1.54) is 7.11 Å². The highest BCUT2D eigenvalue weighted by Gasteiger charge is 2.23. The van der Waals surface area contributed by atoms with Gasteiger partial charge in [-0.2, -0.15) is 0 Å². The monoisotopic (exact) mass is 413 g/mol. The Balaban J connectivity index is 1.93. The van der Waals surface area contributed by atoms with E-state index in [9.17, 15) is 9.59 Å². The predicted octanol–water partition coefficient (Wildman–Crippen LogP) is 3.00. The molecule has 1 aliphatic rings. The first-order chi connectivity index (χ1) is 11.9. The molecule has 0 radical (unpaired) electrons. The van der Waals surface area contributed by atoms with Gasteiger partial charge in [0.15, 0.2) is 17.6 Å². The normalized spacial score (nSPS) is 15.5. The third kappa shape index (κ3) is 5.36. The first kappa shape index (κ1) is 19.6. The molecule has 0 bridgehead atoms. The number of ether oxygens (including phenoxy) is 3. The first-order valence-corrected chi connectivity index (χ1v) is 9.14. The zero-order valence-corrected chi connectivity index (χ0v) is 16.4. The van der Waals surface area contributed by atoms with Crippen LogP contribution in [-0.4, -0.2) is 38.2 Å². The number of nitrogens with one attached hydrogen (secondary N) is 1. The molecule has 138 valence electrons. The van der Waals surface area contributed by atoms with Crippen LogP contribution in [0.15, 0.2) is 16.6 Å². The fourth-order valence-corrected chi connectivity index (χ4v) is 3.33. The van der Waals surface area contributed by atoms with Gasteiger partial charge in [-0.15, -0.1) is 0 Å². The molecule has 25 heavy (non-hydrogen) atoms. The van der Waals surface area contributed by atoms with Crippen LogP contribution in [-0.2, 0) is 20.7 Å². The lowest BCUT2D eigenvalue weighted by Crippen LogP contribution is -2.41. The van der Waals surface area contributed by atoms with Crippen molar-refractivity contribution in [2.75, 3.05) is 14.2 Å². The number of carbonyl (C=O) groups is 2. The van der Waals surface area contributed by atoms with Crippen molar-refractivity contribution >= 4 is 27.8 Å². The second-order valence-corrected chi connectivity index (χ2v) is 6.95. The van der Waals surface area contributed by atoms with Gasteiger partial charge in [-0.1, -0.05) is 28.8 Å². The van der Waals surface area contributed by atoms with Gasteiger partial charge in [-0.3, -0.25) is 9.59 Å². The molecule has 1 atom stereocenters.